The summed E-state index contributed by atoms with van der Waals surface area (Å²) in [4.78, 5) is 29.2. The van der Waals surface area contributed by atoms with Gasteiger partial charge in [-0.25, -0.2) is 0 Å². The minimum Gasteiger partial charge on any atom is -0.340 e. The van der Waals surface area contributed by atoms with Crippen molar-refractivity contribution in [2.45, 2.75) is 45.6 Å². The fourth-order valence-electron chi connectivity index (χ4n) is 4.23. The second-order valence-electron chi connectivity index (χ2n) is 8.04. The van der Waals surface area contributed by atoms with Crippen molar-refractivity contribution < 1.29 is 9.59 Å². The van der Waals surface area contributed by atoms with Crippen LogP contribution in [0.3, 0.4) is 0 Å². The van der Waals surface area contributed by atoms with E-state index in [-0.39, 0.29) is 23.8 Å². The van der Waals surface area contributed by atoms with E-state index in [1.165, 1.54) is 0 Å². The van der Waals surface area contributed by atoms with Crippen molar-refractivity contribution in [3.05, 3.63) is 29.3 Å². The van der Waals surface area contributed by atoms with E-state index < -0.39 is 0 Å². The average Bonchev–Trinajstić information content (AvgIpc) is 2.65. The van der Waals surface area contributed by atoms with Crippen LogP contribution in [-0.2, 0) is 9.59 Å². The number of carbonyl (C=O) groups is 2. The van der Waals surface area contributed by atoms with Crippen molar-refractivity contribution in [1.29, 1.82) is 0 Å². The Bertz CT molecular complexity index is 663. The summed E-state index contributed by atoms with van der Waals surface area (Å²) in [5.41, 5.74) is 9.08. The van der Waals surface area contributed by atoms with Gasteiger partial charge in [0.05, 0.1) is 6.54 Å². The maximum atomic E-state index is 12.7. The molecule has 3 rings (SSSR count). The first-order chi connectivity index (χ1) is 12.9. The van der Waals surface area contributed by atoms with E-state index in [2.05, 4.69) is 10.2 Å². The third-order valence-corrected chi connectivity index (χ3v) is 5.86. The Hall–Kier alpha value is -1.92. The first kappa shape index (κ1) is 19.8. The molecule has 2 fully saturated rings. The van der Waals surface area contributed by atoms with Crippen LogP contribution in [0, 0.1) is 19.8 Å². The largest absolute Gasteiger partial charge is 0.340 e. The van der Waals surface area contributed by atoms with Crippen LogP contribution in [0.4, 0.5) is 5.69 Å². The van der Waals surface area contributed by atoms with Crippen molar-refractivity contribution in [2.75, 3.05) is 38.0 Å². The van der Waals surface area contributed by atoms with Gasteiger partial charge in [-0.1, -0.05) is 24.6 Å². The van der Waals surface area contributed by atoms with Crippen LogP contribution in [0.15, 0.2) is 18.2 Å². The smallest absolute Gasteiger partial charge is 0.238 e. The summed E-state index contributed by atoms with van der Waals surface area (Å²) < 4.78 is 0. The van der Waals surface area contributed by atoms with Crippen LogP contribution in [0.1, 0.15) is 36.8 Å². The van der Waals surface area contributed by atoms with Gasteiger partial charge in [0.25, 0.3) is 0 Å². The van der Waals surface area contributed by atoms with Crippen LogP contribution < -0.4 is 11.1 Å². The van der Waals surface area contributed by atoms with Crippen LogP contribution >= 0.6 is 0 Å². The third kappa shape index (κ3) is 5.08. The monoisotopic (exact) mass is 372 g/mol. The van der Waals surface area contributed by atoms with Gasteiger partial charge in [-0.15, -0.1) is 0 Å². The number of rotatable bonds is 4. The molecule has 27 heavy (non-hydrogen) atoms. The lowest BCUT2D eigenvalue weighted by molar-refractivity contribution is -0.138. The fourth-order valence-corrected chi connectivity index (χ4v) is 4.23. The van der Waals surface area contributed by atoms with Crippen LogP contribution in [0.25, 0.3) is 0 Å². The minimum atomic E-state index is 0.00503. The molecule has 3 N–H and O–H groups in total. The topological polar surface area (TPSA) is 78.7 Å². The number of piperazine rings is 1. The van der Waals surface area contributed by atoms with Gasteiger partial charge in [-0.05, 0) is 44.2 Å². The number of aryl methyl sites for hydroxylation is 2. The molecule has 148 valence electrons. The van der Waals surface area contributed by atoms with Gasteiger partial charge in [0.2, 0.25) is 11.8 Å². The lowest BCUT2D eigenvalue weighted by atomic mass is 9.85. The molecule has 0 bridgehead atoms. The average molecular weight is 373 g/mol. The Labute approximate surface area is 162 Å². The summed E-state index contributed by atoms with van der Waals surface area (Å²) in [5, 5.41) is 3.04. The predicted molar refractivity (Wildman–Crippen MR) is 107 cm³/mol. The highest BCUT2D eigenvalue weighted by Crippen LogP contribution is 2.25. The van der Waals surface area contributed by atoms with Crippen molar-refractivity contribution in [1.82, 2.24) is 9.80 Å². The molecule has 0 spiro atoms. The van der Waals surface area contributed by atoms with Gasteiger partial charge in [0.15, 0.2) is 0 Å². The zero-order valence-electron chi connectivity index (χ0n) is 16.5. The van der Waals surface area contributed by atoms with E-state index >= 15 is 0 Å². The number of carbonyl (C=O) groups excluding carboxylic acids is 2. The Morgan fingerprint density at radius 3 is 2.41 bits per heavy atom. The van der Waals surface area contributed by atoms with Crippen LogP contribution in [-0.4, -0.2) is 60.4 Å². The SMILES string of the molecule is Cc1cccc(C)c1NC(=O)CN1CCN(C(=O)C2CCCC(N)C2)CC1. The van der Waals surface area contributed by atoms with E-state index in [1.54, 1.807) is 0 Å². The summed E-state index contributed by atoms with van der Waals surface area (Å²) in [6.07, 6.45) is 3.87. The molecule has 1 aliphatic heterocycles. The zero-order chi connectivity index (χ0) is 19.4. The number of anilines is 1. The first-order valence-electron chi connectivity index (χ1n) is 10.1. The molecule has 1 aliphatic carbocycles. The number of para-hydroxylation sites is 1. The maximum Gasteiger partial charge on any atom is 0.238 e. The molecule has 0 radical (unpaired) electrons. The third-order valence-electron chi connectivity index (χ3n) is 5.86. The van der Waals surface area contributed by atoms with Crippen LogP contribution in [0.5, 0.6) is 0 Å². The van der Waals surface area contributed by atoms with Gasteiger partial charge >= 0.3 is 0 Å². The van der Waals surface area contributed by atoms with Gasteiger partial charge < -0.3 is 16.0 Å². The molecule has 0 aromatic heterocycles. The molecular formula is C21H32N4O2. The van der Waals surface area contributed by atoms with Crippen molar-refractivity contribution in [2.24, 2.45) is 11.7 Å². The highest BCUT2D eigenvalue weighted by Gasteiger charge is 2.31. The molecule has 6 nitrogen and oxygen atoms in total. The summed E-state index contributed by atoms with van der Waals surface area (Å²) in [6.45, 7) is 7.25. The Morgan fingerprint density at radius 2 is 1.78 bits per heavy atom. The van der Waals surface area contributed by atoms with Crippen LogP contribution in [0.2, 0.25) is 0 Å². The highest BCUT2D eigenvalue weighted by molar-refractivity contribution is 5.93. The fraction of sp³-hybridized carbons (Fsp3) is 0.619. The second-order valence-corrected chi connectivity index (χ2v) is 8.04. The minimum absolute atomic E-state index is 0.00503. The Kier molecular flexibility index (Phi) is 6.50. The number of amides is 2. The number of nitrogens with one attached hydrogen (secondary N) is 1. The molecular weight excluding hydrogens is 340 g/mol. The number of hydrogen-bond acceptors (Lipinski definition) is 4. The molecule has 1 saturated heterocycles. The summed E-state index contributed by atoms with van der Waals surface area (Å²) in [7, 11) is 0. The molecule has 1 saturated carbocycles. The summed E-state index contributed by atoms with van der Waals surface area (Å²) in [5.74, 6) is 0.350. The van der Waals surface area contributed by atoms with Crippen molar-refractivity contribution in [3.63, 3.8) is 0 Å². The number of hydrogen-bond donors (Lipinski definition) is 2. The van der Waals surface area contributed by atoms with E-state index in [0.717, 1.165) is 55.6 Å². The Balaban J connectivity index is 1.46. The van der Waals surface area contributed by atoms with Gasteiger partial charge in [-0.2, -0.15) is 0 Å². The summed E-state index contributed by atoms with van der Waals surface area (Å²) >= 11 is 0. The number of nitrogens with zero attached hydrogens (tertiary/aromatic N) is 2. The van der Waals surface area contributed by atoms with Gasteiger partial charge in [-0.3, -0.25) is 14.5 Å². The molecule has 1 aromatic rings. The van der Waals surface area contributed by atoms with E-state index in [1.807, 2.05) is 36.9 Å². The van der Waals surface area contributed by atoms with E-state index in [9.17, 15) is 9.59 Å². The standard InChI is InChI=1S/C21H32N4O2/c1-15-5-3-6-16(2)20(15)23-19(26)14-24-9-11-25(12-10-24)21(27)17-7-4-8-18(22)13-17/h3,5-6,17-18H,4,7-14,22H2,1-2H3,(H,23,26). The highest BCUT2D eigenvalue weighted by atomic mass is 16.2. The van der Waals surface area contributed by atoms with Gasteiger partial charge in [0.1, 0.15) is 0 Å². The molecule has 1 aromatic carbocycles. The van der Waals surface area contributed by atoms with Gasteiger partial charge in [0, 0.05) is 43.8 Å². The molecule has 1 heterocycles. The number of benzene rings is 1. The number of nitrogens with two attached hydrogens (primary N) is 1. The molecule has 2 unspecified atom stereocenters. The molecule has 2 atom stereocenters. The normalized spacial score (nSPS) is 23.9. The van der Waals surface area contributed by atoms with Crippen molar-refractivity contribution in [3.8, 4) is 0 Å². The second kappa shape index (κ2) is 8.85. The lowest BCUT2D eigenvalue weighted by Gasteiger charge is -2.37. The Morgan fingerprint density at radius 1 is 1.11 bits per heavy atom. The molecule has 6 heteroatoms. The lowest BCUT2D eigenvalue weighted by Crippen LogP contribution is -2.52. The van der Waals surface area contributed by atoms with E-state index in [0.29, 0.717) is 19.6 Å². The molecule has 2 aliphatic rings. The molecule has 2 amide bonds. The summed E-state index contributed by atoms with van der Waals surface area (Å²) in [6, 6.07) is 6.17. The quantitative estimate of drug-likeness (QED) is 0.846. The first-order valence-corrected chi connectivity index (χ1v) is 10.1. The van der Waals surface area contributed by atoms with E-state index in [4.69, 9.17) is 5.73 Å². The predicted octanol–water partition coefficient (Wildman–Crippen LogP) is 1.90. The maximum absolute atomic E-state index is 12.7. The van der Waals surface area contributed by atoms with Crippen molar-refractivity contribution >= 4 is 17.5 Å². The zero-order valence-corrected chi connectivity index (χ0v) is 16.5.